The van der Waals surface area contributed by atoms with Crippen molar-refractivity contribution in [3.05, 3.63) is 157 Å². The van der Waals surface area contributed by atoms with Crippen LogP contribution < -0.4 is 0 Å². The van der Waals surface area contributed by atoms with Gasteiger partial charge in [-0.2, -0.15) is 0 Å². The van der Waals surface area contributed by atoms with Crippen LogP contribution in [-0.4, -0.2) is 9.13 Å². The second-order valence-corrected chi connectivity index (χ2v) is 10.1. The molecule has 0 spiro atoms. The van der Waals surface area contributed by atoms with Gasteiger partial charge in [0.25, 0.3) is 0 Å². The molecular formula is C38H24N2. The number of aromatic nitrogens is 2. The topological polar surface area (TPSA) is 9.86 Å². The zero-order chi connectivity index (χ0) is 26.5. The molecule has 0 saturated carbocycles. The van der Waals surface area contributed by atoms with Crippen LogP contribution in [0.15, 0.2) is 146 Å². The van der Waals surface area contributed by atoms with Crippen LogP contribution in [0.2, 0.25) is 0 Å². The van der Waals surface area contributed by atoms with Crippen LogP contribution in [0.1, 0.15) is 11.1 Å². The number of hydrogen-bond acceptors (Lipinski definition) is 0. The molecule has 0 amide bonds. The van der Waals surface area contributed by atoms with Crippen LogP contribution in [-0.2, 0) is 0 Å². The van der Waals surface area contributed by atoms with E-state index in [1.54, 1.807) is 0 Å². The molecule has 0 radical (unpaired) electrons. The highest BCUT2D eigenvalue weighted by atomic mass is 15.0. The third-order valence-electron chi connectivity index (χ3n) is 7.73. The molecular weight excluding hydrogens is 484 g/mol. The average molecular weight is 509 g/mol. The summed E-state index contributed by atoms with van der Waals surface area (Å²) in [5, 5.41) is 4.90. The van der Waals surface area contributed by atoms with Crippen molar-refractivity contribution < 1.29 is 0 Å². The molecule has 186 valence electrons. The molecule has 6 aromatic carbocycles. The first-order valence-corrected chi connectivity index (χ1v) is 13.5. The summed E-state index contributed by atoms with van der Waals surface area (Å²) in [5.41, 5.74) is 9.13. The lowest BCUT2D eigenvalue weighted by Gasteiger charge is -2.07. The van der Waals surface area contributed by atoms with Crippen molar-refractivity contribution in [2.75, 3.05) is 0 Å². The summed E-state index contributed by atoms with van der Waals surface area (Å²) in [5.74, 6) is 6.90. The molecule has 0 atom stereocenters. The van der Waals surface area contributed by atoms with E-state index in [0.29, 0.717) is 0 Å². The number of fused-ring (bicyclic) bond motifs is 6. The molecule has 0 aliphatic rings. The van der Waals surface area contributed by atoms with Crippen molar-refractivity contribution in [1.82, 2.24) is 9.13 Å². The van der Waals surface area contributed by atoms with E-state index >= 15 is 0 Å². The van der Waals surface area contributed by atoms with Gasteiger partial charge in [0.05, 0.1) is 22.1 Å². The van der Waals surface area contributed by atoms with E-state index in [1.165, 1.54) is 43.6 Å². The Hall–Kier alpha value is -5.52. The van der Waals surface area contributed by atoms with Crippen LogP contribution in [0.4, 0.5) is 0 Å². The summed E-state index contributed by atoms with van der Waals surface area (Å²) in [6.07, 6.45) is 0. The second kappa shape index (κ2) is 9.05. The largest absolute Gasteiger partial charge is 0.309 e. The van der Waals surface area contributed by atoms with Crippen LogP contribution in [0, 0.1) is 11.8 Å². The van der Waals surface area contributed by atoms with Crippen molar-refractivity contribution in [2.24, 2.45) is 0 Å². The van der Waals surface area contributed by atoms with Gasteiger partial charge in [-0.3, -0.25) is 0 Å². The Morgan fingerprint density at radius 2 is 0.700 bits per heavy atom. The first-order valence-electron chi connectivity index (χ1n) is 13.5. The Balaban J connectivity index is 1.25. The van der Waals surface area contributed by atoms with E-state index in [1.807, 2.05) is 0 Å². The first-order chi connectivity index (χ1) is 19.8. The van der Waals surface area contributed by atoms with Gasteiger partial charge in [-0.05, 0) is 72.8 Å². The van der Waals surface area contributed by atoms with Gasteiger partial charge in [0.2, 0.25) is 0 Å². The number of para-hydroxylation sites is 4. The molecule has 2 heteroatoms. The summed E-state index contributed by atoms with van der Waals surface area (Å²) < 4.78 is 4.66. The van der Waals surface area contributed by atoms with E-state index in [-0.39, 0.29) is 0 Å². The van der Waals surface area contributed by atoms with Crippen LogP contribution in [0.3, 0.4) is 0 Å². The molecule has 2 heterocycles. The maximum absolute atomic E-state index is 3.45. The highest BCUT2D eigenvalue weighted by Gasteiger charge is 2.13. The molecule has 0 N–H and O–H groups in total. The van der Waals surface area contributed by atoms with Gasteiger partial charge in [-0.1, -0.05) is 84.6 Å². The molecule has 0 saturated heterocycles. The second-order valence-electron chi connectivity index (χ2n) is 10.1. The lowest BCUT2D eigenvalue weighted by Crippen LogP contribution is -1.92. The fourth-order valence-corrected chi connectivity index (χ4v) is 5.96. The van der Waals surface area contributed by atoms with Gasteiger partial charge in [-0.25, -0.2) is 0 Å². The third kappa shape index (κ3) is 3.53. The average Bonchev–Trinajstić information content (AvgIpc) is 3.53. The predicted octanol–water partition coefficient (Wildman–Crippen LogP) is 9.28. The summed E-state index contributed by atoms with van der Waals surface area (Å²) >= 11 is 0. The van der Waals surface area contributed by atoms with Crippen molar-refractivity contribution in [3.8, 4) is 23.2 Å². The molecule has 0 aliphatic heterocycles. The fourth-order valence-electron chi connectivity index (χ4n) is 5.96. The Bertz CT molecular complexity index is 2090. The number of rotatable bonds is 2. The van der Waals surface area contributed by atoms with Crippen molar-refractivity contribution in [3.63, 3.8) is 0 Å². The minimum absolute atomic E-state index is 1.01. The molecule has 0 unspecified atom stereocenters. The van der Waals surface area contributed by atoms with Gasteiger partial charge in [0.15, 0.2) is 0 Å². The Morgan fingerprint density at radius 3 is 1.15 bits per heavy atom. The minimum Gasteiger partial charge on any atom is -0.309 e. The molecule has 8 aromatic rings. The number of hydrogen-bond donors (Lipinski definition) is 0. The van der Waals surface area contributed by atoms with Gasteiger partial charge < -0.3 is 9.13 Å². The highest BCUT2D eigenvalue weighted by molar-refractivity contribution is 6.10. The molecule has 2 nitrogen and oxygen atoms in total. The molecule has 8 rings (SSSR count). The fraction of sp³-hybridized carbons (Fsp3) is 0. The lowest BCUT2D eigenvalue weighted by atomic mass is 10.1. The number of nitrogens with zero attached hydrogens (tertiary/aromatic N) is 2. The van der Waals surface area contributed by atoms with Gasteiger partial charge in [0.1, 0.15) is 0 Å². The van der Waals surface area contributed by atoms with Crippen molar-refractivity contribution in [1.29, 1.82) is 0 Å². The monoisotopic (exact) mass is 508 g/mol. The lowest BCUT2D eigenvalue weighted by molar-refractivity contribution is 1.18. The van der Waals surface area contributed by atoms with Gasteiger partial charge >= 0.3 is 0 Å². The summed E-state index contributed by atoms with van der Waals surface area (Å²) in [6, 6.07) is 51.4. The molecule has 0 fully saturated rings. The zero-order valence-electron chi connectivity index (χ0n) is 21.8. The van der Waals surface area contributed by atoms with Crippen molar-refractivity contribution in [2.45, 2.75) is 0 Å². The number of benzene rings is 6. The van der Waals surface area contributed by atoms with Crippen molar-refractivity contribution >= 4 is 43.6 Å². The molecule has 40 heavy (non-hydrogen) atoms. The zero-order valence-corrected chi connectivity index (χ0v) is 21.8. The van der Waals surface area contributed by atoms with Crippen LogP contribution in [0.25, 0.3) is 55.0 Å². The first kappa shape index (κ1) is 22.5. The Kier molecular flexibility index (Phi) is 5.08. The molecule has 0 aliphatic carbocycles. The minimum atomic E-state index is 1.01. The van der Waals surface area contributed by atoms with E-state index in [0.717, 1.165) is 22.5 Å². The maximum atomic E-state index is 3.45. The summed E-state index contributed by atoms with van der Waals surface area (Å²) in [7, 11) is 0. The standard InChI is InChI=1S/C38H24N2/c1-3-11-29(12-4-1)39-35-17-9-7-15-31(35)33-25-27(21-23-37(33)39)19-20-28-22-24-38-34(26-28)32-16-8-10-18-36(32)40(38)30-13-5-2-6-14-30/h1-18,21-26H. The SMILES string of the molecule is C(#Cc1ccc2c(c1)c1ccccc1n2-c1ccccc1)c1ccc2c(c1)c1ccccc1n2-c1ccccc1. The maximum Gasteiger partial charge on any atom is 0.0541 e. The van der Waals surface area contributed by atoms with E-state index in [9.17, 15) is 0 Å². The van der Waals surface area contributed by atoms with Gasteiger partial charge in [0, 0.05) is 44.0 Å². The van der Waals surface area contributed by atoms with E-state index in [4.69, 9.17) is 0 Å². The van der Waals surface area contributed by atoms with Crippen LogP contribution >= 0.6 is 0 Å². The third-order valence-corrected chi connectivity index (χ3v) is 7.73. The van der Waals surface area contributed by atoms with E-state index < -0.39 is 0 Å². The van der Waals surface area contributed by atoms with Crippen LogP contribution in [0.5, 0.6) is 0 Å². The van der Waals surface area contributed by atoms with E-state index in [2.05, 4.69) is 167 Å². The Morgan fingerprint density at radius 1 is 0.325 bits per heavy atom. The predicted molar refractivity (Wildman–Crippen MR) is 168 cm³/mol. The van der Waals surface area contributed by atoms with Gasteiger partial charge in [-0.15, -0.1) is 0 Å². The highest BCUT2D eigenvalue weighted by Crippen LogP contribution is 2.34. The molecule has 0 bridgehead atoms. The normalized spacial score (nSPS) is 11.3. The quantitative estimate of drug-likeness (QED) is 0.206. The molecule has 2 aromatic heterocycles. The summed E-state index contributed by atoms with van der Waals surface area (Å²) in [6.45, 7) is 0. The summed E-state index contributed by atoms with van der Waals surface area (Å²) in [4.78, 5) is 0. The smallest absolute Gasteiger partial charge is 0.0541 e. The Labute approximate surface area is 232 Å².